The number of benzene rings is 2. The standard InChI is InChI=1S/C12H10O2.C2H4.CH2O3/c13-11-8-4-7-10(12(11)14)9-5-2-1-3-6-9;1-2;2-1(3)4/h1-8,13-14H;1-2H2;(H2,2,3,4). The summed E-state index contributed by atoms with van der Waals surface area (Å²) in [7, 11) is 0. The summed E-state index contributed by atoms with van der Waals surface area (Å²) < 4.78 is 0. The molecule has 5 nitrogen and oxygen atoms in total. The zero-order valence-electron chi connectivity index (χ0n) is 10.7. The number of rotatable bonds is 1. The van der Waals surface area contributed by atoms with E-state index >= 15 is 0 Å². The monoisotopic (exact) mass is 276 g/mol. The quantitative estimate of drug-likeness (QED) is 0.469. The summed E-state index contributed by atoms with van der Waals surface area (Å²) in [6.45, 7) is 6.00. The Balaban J connectivity index is 0.000000521. The van der Waals surface area contributed by atoms with Gasteiger partial charge in [0.2, 0.25) is 0 Å². The Morgan fingerprint density at radius 3 is 1.85 bits per heavy atom. The number of hydrogen-bond acceptors (Lipinski definition) is 3. The van der Waals surface area contributed by atoms with Crippen LogP contribution in [0, 0.1) is 0 Å². The van der Waals surface area contributed by atoms with Crippen molar-refractivity contribution in [1.82, 2.24) is 0 Å². The van der Waals surface area contributed by atoms with E-state index in [2.05, 4.69) is 13.2 Å². The topological polar surface area (TPSA) is 98.0 Å². The molecule has 0 spiro atoms. The highest BCUT2D eigenvalue weighted by molar-refractivity contribution is 5.72. The summed E-state index contributed by atoms with van der Waals surface area (Å²) in [5, 5.41) is 32.9. The molecule has 0 fully saturated rings. The van der Waals surface area contributed by atoms with Crippen LogP contribution in [0.2, 0.25) is 0 Å². The lowest BCUT2D eigenvalue weighted by Crippen LogP contribution is -1.81. The van der Waals surface area contributed by atoms with Crippen LogP contribution in [-0.4, -0.2) is 26.6 Å². The number of carbonyl (C=O) groups is 1. The molecule has 0 unspecified atom stereocenters. The van der Waals surface area contributed by atoms with Crippen LogP contribution in [0.3, 0.4) is 0 Å². The minimum atomic E-state index is -1.83. The van der Waals surface area contributed by atoms with Crippen molar-refractivity contribution >= 4 is 6.16 Å². The molecule has 2 rings (SSSR count). The summed E-state index contributed by atoms with van der Waals surface area (Å²) in [4.78, 5) is 8.56. The van der Waals surface area contributed by atoms with Gasteiger partial charge in [0.25, 0.3) is 0 Å². The van der Waals surface area contributed by atoms with Gasteiger partial charge in [-0.3, -0.25) is 0 Å². The second-order valence-electron chi connectivity index (χ2n) is 3.32. The Kier molecular flexibility index (Phi) is 7.71. The van der Waals surface area contributed by atoms with Crippen molar-refractivity contribution in [1.29, 1.82) is 0 Å². The molecule has 0 atom stereocenters. The van der Waals surface area contributed by atoms with Crippen molar-refractivity contribution in [3.05, 3.63) is 61.7 Å². The first-order valence-corrected chi connectivity index (χ1v) is 5.50. The van der Waals surface area contributed by atoms with E-state index in [9.17, 15) is 10.2 Å². The molecule has 106 valence electrons. The summed E-state index contributed by atoms with van der Waals surface area (Å²) in [5.41, 5.74) is 1.53. The average Bonchev–Trinajstić information content (AvgIpc) is 2.44. The van der Waals surface area contributed by atoms with Crippen LogP contribution >= 0.6 is 0 Å². The maximum absolute atomic E-state index is 9.60. The van der Waals surface area contributed by atoms with Crippen molar-refractivity contribution in [3.8, 4) is 22.6 Å². The van der Waals surface area contributed by atoms with Gasteiger partial charge in [0, 0.05) is 5.56 Å². The van der Waals surface area contributed by atoms with Gasteiger partial charge in [-0.05, 0) is 11.6 Å². The Labute approximate surface area is 116 Å². The Hall–Kier alpha value is -2.95. The van der Waals surface area contributed by atoms with Crippen molar-refractivity contribution in [2.45, 2.75) is 0 Å². The van der Waals surface area contributed by atoms with Crippen LogP contribution in [0.1, 0.15) is 0 Å². The van der Waals surface area contributed by atoms with Gasteiger partial charge in [0.05, 0.1) is 0 Å². The molecule has 0 aliphatic heterocycles. The number of phenols is 2. The summed E-state index contributed by atoms with van der Waals surface area (Å²) in [6.07, 6.45) is -1.83. The fourth-order valence-corrected chi connectivity index (χ4v) is 1.38. The molecule has 0 saturated heterocycles. The van der Waals surface area contributed by atoms with Crippen LogP contribution in [0.4, 0.5) is 4.79 Å². The number of carboxylic acid groups (broad SMARTS) is 2. The molecule has 20 heavy (non-hydrogen) atoms. The average molecular weight is 276 g/mol. The number of phenolic OH excluding ortho intramolecular Hbond substituents is 2. The predicted octanol–water partition coefficient (Wildman–Crippen LogP) is 3.79. The minimum Gasteiger partial charge on any atom is -0.504 e. The summed E-state index contributed by atoms with van der Waals surface area (Å²) >= 11 is 0. The highest BCUT2D eigenvalue weighted by atomic mass is 16.6. The maximum Gasteiger partial charge on any atom is 0.503 e. The lowest BCUT2D eigenvalue weighted by molar-refractivity contribution is 0.137. The van der Waals surface area contributed by atoms with Crippen molar-refractivity contribution in [2.75, 3.05) is 0 Å². The second kappa shape index (κ2) is 9.04. The molecular formula is C15H16O5. The molecule has 5 heteroatoms. The third-order valence-electron chi connectivity index (χ3n) is 2.10. The molecule has 0 aliphatic carbocycles. The van der Waals surface area contributed by atoms with E-state index in [1.807, 2.05) is 30.3 Å². The van der Waals surface area contributed by atoms with E-state index in [-0.39, 0.29) is 11.5 Å². The van der Waals surface area contributed by atoms with Crippen LogP contribution in [0.5, 0.6) is 11.5 Å². The van der Waals surface area contributed by atoms with Gasteiger partial charge in [-0.1, -0.05) is 42.5 Å². The summed E-state index contributed by atoms with van der Waals surface area (Å²) in [5.74, 6) is -0.162. The van der Waals surface area contributed by atoms with Gasteiger partial charge in [0.1, 0.15) is 0 Å². The molecule has 0 amide bonds. The fraction of sp³-hybridized carbons (Fsp3) is 0. The van der Waals surface area contributed by atoms with Crippen LogP contribution < -0.4 is 0 Å². The largest absolute Gasteiger partial charge is 0.504 e. The first kappa shape index (κ1) is 17.1. The third kappa shape index (κ3) is 5.59. The molecule has 2 aromatic rings. The number of para-hydroxylation sites is 1. The lowest BCUT2D eigenvalue weighted by atomic mass is 10.0. The van der Waals surface area contributed by atoms with Crippen LogP contribution in [-0.2, 0) is 0 Å². The van der Waals surface area contributed by atoms with E-state index in [4.69, 9.17) is 15.0 Å². The Morgan fingerprint density at radius 1 is 0.850 bits per heavy atom. The van der Waals surface area contributed by atoms with E-state index in [0.29, 0.717) is 5.56 Å². The normalized spacial score (nSPS) is 8.40. The molecule has 2 aromatic carbocycles. The zero-order valence-corrected chi connectivity index (χ0v) is 10.7. The SMILES string of the molecule is C=C.O=C(O)O.Oc1cccc(-c2ccccc2)c1O. The van der Waals surface area contributed by atoms with Crippen molar-refractivity contribution in [2.24, 2.45) is 0 Å². The highest BCUT2D eigenvalue weighted by Gasteiger charge is 2.06. The van der Waals surface area contributed by atoms with Crippen LogP contribution in [0.25, 0.3) is 11.1 Å². The first-order valence-electron chi connectivity index (χ1n) is 5.50. The second-order valence-corrected chi connectivity index (χ2v) is 3.32. The van der Waals surface area contributed by atoms with Gasteiger partial charge in [-0.2, -0.15) is 0 Å². The van der Waals surface area contributed by atoms with E-state index in [1.54, 1.807) is 12.1 Å². The fourth-order valence-electron chi connectivity index (χ4n) is 1.38. The van der Waals surface area contributed by atoms with E-state index in [1.165, 1.54) is 6.07 Å². The van der Waals surface area contributed by atoms with Gasteiger partial charge in [-0.25, -0.2) is 4.79 Å². The molecule has 0 aromatic heterocycles. The highest BCUT2D eigenvalue weighted by Crippen LogP contribution is 2.35. The molecule has 0 radical (unpaired) electrons. The van der Waals surface area contributed by atoms with Gasteiger partial charge in [0.15, 0.2) is 11.5 Å². The molecule has 0 heterocycles. The maximum atomic E-state index is 9.60. The van der Waals surface area contributed by atoms with E-state index < -0.39 is 6.16 Å². The zero-order chi connectivity index (χ0) is 15.5. The smallest absolute Gasteiger partial charge is 0.503 e. The predicted molar refractivity (Wildman–Crippen MR) is 77.1 cm³/mol. The molecular weight excluding hydrogens is 260 g/mol. The third-order valence-corrected chi connectivity index (χ3v) is 2.10. The molecule has 0 bridgehead atoms. The molecule has 0 saturated carbocycles. The van der Waals surface area contributed by atoms with Crippen molar-refractivity contribution in [3.63, 3.8) is 0 Å². The summed E-state index contributed by atoms with van der Waals surface area (Å²) in [6, 6.07) is 14.4. The van der Waals surface area contributed by atoms with Gasteiger partial charge in [-0.15, -0.1) is 13.2 Å². The Morgan fingerprint density at radius 2 is 1.35 bits per heavy atom. The molecule has 4 N–H and O–H groups in total. The molecule has 0 aliphatic rings. The lowest BCUT2D eigenvalue weighted by Gasteiger charge is -2.05. The van der Waals surface area contributed by atoms with Gasteiger partial charge < -0.3 is 20.4 Å². The number of hydrogen-bond donors (Lipinski definition) is 4. The van der Waals surface area contributed by atoms with Crippen LogP contribution in [0.15, 0.2) is 61.7 Å². The van der Waals surface area contributed by atoms with Gasteiger partial charge >= 0.3 is 6.16 Å². The first-order chi connectivity index (χ1) is 9.52. The minimum absolute atomic E-state index is 0.0706. The number of aromatic hydroxyl groups is 2. The Bertz CT molecular complexity index is 533. The van der Waals surface area contributed by atoms with Crippen molar-refractivity contribution < 1.29 is 25.2 Å². The van der Waals surface area contributed by atoms with E-state index in [0.717, 1.165) is 5.56 Å².